The van der Waals surface area contributed by atoms with Crippen molar-refractivity contribution in [3.8, 4) is 0 Å². The van der Waals surface area contributed by atoms with E-state index >= 15 is 0 Å². The molecule has 2 amide bonds. The molecule has 0 spiro atoms. The lowest BCUT2D eigenvalue weighted by molar-refractivity contribution is -0.0576. The van der Waals surface area contributed by atoms with Crippen molar-refractivity contribution in [1.29, 1.82) is 0 Å². The van der Waals surface area contributed by atoms with Crippen molar-refractivity contribution in [2.75, 3.05) is 19.8 Å². The van der Waals surface area contributed by atoms with E-state index in [-0.39, 0.29) is 24.1 Å². The number of carbonyl (C=O) groups excluding carboxylic acids is 1. The van der Waals surface area contributed by atoms with E-state index in [1.807, 2.05) is 4.90 Å². The summed E-state index contributed by atoms with van der Waals surface area (Å²) in [5, 5.41) is 13.3. The second-order valence-corrected chi connectivity index (χ2v) is 7.67. The van der Waals surface area contributed by atoms with E-state index in [0.29, 0.717) is 26.2 Å². The summed E-state index contributed by atoms with van der Waals surface area (Å²) < 4.78 is 5.54. The van der Waals surface area contributed by atoms with Gasteiger partial charge in [0.1, 0.15) is 0 Å². The van der Waals surface area contributed by atoms with Crippen LogP contribution in [0.15, 0.2) is 24.3 Å². The molecule has 0 aromatic heterocycles. The predicted molar refractivity (Wildman–Crippen MR) is 95.3 cm³/mol. The highest BCUT2D eigenvalue weighted by Crippen LogP contribution is 2.39. The zero-order valence-electron chi connectivity index (χ0n) is 14.7. The molecule has 136 valence electrons. The first-order valence-corrected chi connectivity index (χ1v) is 9.61. The number of benzene rings is 1. The van der Waals surface area contributed by atoms with Gasteiger partial charge in [-0.3, -0.25) is 0 Å². The van der Waals surface area contributed by atoms with Crippen LogP contribution in [-0.2, 0) is 11.3 Å². The maximum atomic E-state index is 12.7. The van der Waals surface area contributed by atoms with E-state index in [0.717, 1.165) is 30.9 Å². The number of ether oxygens (including phenoxy) is 1. The third-order valence-corrected chi connectivity index (χ3v) is 5.89. The van der Waals surface area contributed by atoms with Crippen LogP contribution < -0.4 is 5.32 Å². The Balaban J connectivity index is 1.33. The highest BCUT2D eigenvalue weighted by Gasteiger charge is 2.39. The molecule has 1 aromatic rings. The number of amides is 2. The Morgan fingerprint density at radius 2 is 2.00 bits per heavy atom. The monoisotopic (exact) mass is 344 g/mol. The van der Waals surface area contributed by atoms with Crippen molar-refractivity contribution in [1.82, 2.24) is 10.2 Å². The molecule has 25 heavy (non-hydrogen) atoms. The van der Waals surface area contributed by atoms with Crippen molar-refractivity contribution in [3.63, 3.8) is 0 Å². The van der Waals surface area contributed by atoms with Crippen LogP contribution in [0.25, 0.3) is 0 Å². The minimum Gasteiger partial charge on any atom is -0.393 e. The summed E-state index contributed by atoms with van der Waals surface area (Å²) in [6, 6.07) is 8.68. The third kappa shape index (κ3) is 3.82. The lowest BCUT2D eigenvalue weighted by atomic mass is 9.89. The lowest BCUT2D eigenvalue weighted by Gasteiger charge is -2.36. The van der Waals surface area contributed by atoms with E-state index in [2.05, 4.69) is 29.6 Å². The molecule has 2 heterocycles. The Labute approximate surface area is 149 Å². The van der Waals surface area contributed by atoms with Gasteiger partial charge in [-0.1, -0.05) is 24.3 Å². The smallest absolute Gasteiger partial charge is 0.317 e. The average Bonchev–Trinajstić information content (AvgIpc) is 3.37. The van der Waals surface area contributed by atoms with Gasteiger partial charge in [0.15, 0.2) is 0 Å². The summed E-state index contributed by atoms with van der Waals surface area (Å²) in [6.07, 6.45) is 4.88. The summed E-state index contributed by atoms with van der Waals surface area (Å²) in [6.45, 7) is 2.49. The molecule has 0 radical (unpaired) electrons. The van der Waals surface area contributed by atoms with Crippen molar-refractivity contribution in [3.05, 3.63) is 35.4 Å². The van der Waals surface area contributed by atoms with Gasteiger partial charge in [-0.2, -0.15) is 0 Å². The van der Waals surface area contributed by atoms with Crippen LogP contribution >= 0.6 is 0 Å². The molecular weight excluding hydrogens is 316 g/mol. The molecule has 4 rings (SSSR count). The molecule has 3 aliphatic rings. The number of carbonyl (C=O) groups is 1. The minimum absolute atomic E-state index is 0.0217. The van der Waals surface area contributed by atoms with Crippen molar-refractivity contribution in [2.45, 2.75) is 56.7 Å². The van der Waals surface area contributed by atoms with Gasteiger partial charge in [-0.25, -0.2) is 4.79 Å². The van der Waals surface area contributed by atoms with Crippen LogP contribution in [0.3, 0.4) is 0 Å². The molecule has 3 atom stereocenters. The second kappa shape index (κ2) is 7.34. The minimum atomic E-state index is -0.359. The lowest BCUT2D eigenvalue weighted by Crippen LogP contribution is -2.50. The number of aliphatic hydroxyl groups excluding tert-OH is 1. The Kier molecular flexibility index (Phi) is 4.95. The number of nitrogens with zero attached hydrogens (tertiary/aromatic N) is 1. The Morgan fingerprint density at radius 1 is 1.20 bits per heavy atom. The zero-order valence-corrected chi connectivity index (χ0v) is 14.7. The van der Waals surface area contributed by atoms with E-state index in [1.165, 1.54) is 18.4 Å². The van der Waals surface area contributed by atoms with Gasteiger partial charge >= 0.3 is 6.03 Å². The van der Waals surface area contributed by atoms with Gasteiger partial charge < -0.3 is 20.1 Å². The number of likely N-dealkylation sites (tertiary alicyclic amines) is 1. The van der Waals surface area contributed by atoms with Gasteiger partial charge in [0.2, 0.25) is 0 Å². The molecule has 1 aromatic carbocycles. The number of aliphatic hydroxyl groups is 1. The summed E-state index contributed by atoms with van der Waals surface area (Å²) >= 11 is 0. The fourth-order valence-electron chi connectivity index (χ4n) is 4.21. The summed E-state index contributed by atoms with van der Waals surface area (Å²) in [5.41, 5.74) is 2.55. The Hall–Kier alpha value is -1.59. The largest absolute Gasteiger partial charge is 0.393 e. The van der Waals surface area contributed by atoms with E-state index in [1.54, 1.807) is 0 Å². The molecular formula is C20H28N2O3. The predicted octanol–water partition coefficient (Wildman–Crippen LogP) is 2.64. The second-order valence-electron chi connectivity index (χ2n) is 7.67. The SMILES string of the molecule is O=C(NCc1ccc(C2CC2)cc1)N1CCC[C@@H]1[C@H]1COCC[C@@H]1O. The molecule has 0 unspecified atom stereocenters. The standard InChI is InChI=1S/C20H28N2O3/c23-19-9-11-25-13-17(19)18-2-1-10-22(18)20(24)21-12-14-3-5-15(6-4-14)16-7-8-16/h3-6,16-19,23H,1-2,7-13H2,(H,21,24)/t17-,18-,19+/m1/s1. The molecule has 1 aliphatic carbocycles. The van der Waals surface area contributed by atoms with Crippen LogP contribution in [0.1, 0.15) is 49.1 Å². The maximum Gasteiger partial charge on any atom is 0.317 e. The number of hydrogen-bond donors (Lipinski definition) is 2. The first-order chi connectivity index (χ1) is 12.2. The quantitative estimate of drug-likeness (QED) is 0.883. The summed E-state index contributed by atoms with van der Waals surface area (Å²) in [5.74, 6) is 0.804. The van der Waals surface area contributed by atoms with Crippen LogP contribution in [-0.4, -0.2) is 47.9 Å². The fraction of sp³-hybridized carbons (Fsp3) is 0.650. The summed E-state index contributed by atoms with van der Waals surface area (Å²) in [4.78, 5) is 14.6. The van der Waals surface area contributed by atoms with Gasteiger partial charge in [-0.05, 0) is 49.1 Å². The van der Waals surface area contributed by atoms with Crippen LogP contribution in [0, 0.1) is 5.92 Å². The van der Waals surface area contributed by atoms with Crippen LogP contribution in [0.2, 0.25) is 0 Å². The maximum absolute atomic E-state index is 12.7. The number of rotatable bonds is 4. The van der Waals surface area contributed by atoms with E-state index in [9.17, 15) is 9.90 Å². The van der Waals surface area contributed by atoms with Gasteiger partial charge in [0.05, 0.1) is 12.7 Å². The fourth-order valence-corrected chi connectivity index (χ4v) is 4.21. The van der Waals surface area contributed by atoms with Crippen LogP contribution in [0.4, 0.5) is 4.79 Å². The van der Waals surface area contributed by atoms with Gasteiger partial charge in [0.25, 0.3) is 0 Å². The summed E-state index contributed by atoms with van der Waals surface area (Å²) in [7, 11) is 0. The molecule has 5 heteroatoms. The average molecular weight is 344 g/mol. The first-order valence-electron chi connectivity index (χ1n) is 9.61. The molecule has 3 fully saturated rings. The first kappa shape index (κ1) is 16.9. The van der Waals surface area contributed by atoms with E-state index in [4.69, 9.17) is 4.74 Å². The number of hydrogen-bond acceptors (Lipinski definition) is 3. The molecule has 0 bridgehead atoms. The van der Waals surface area contributed by atoms with Gasteiger partial charge in [-0.15, -0.1) is 0 Å². The number of nitrogens with one attached hydrogen (secondary N) is 1. The topological polar surface area (TPSA) is 61.8 Å². The normalized spacial score (nSPS) is 29.6. The highest BCUT2D eigenvalue weighted by atomic mass is 16.5. The Morgan fingerprint density at radius 3 is 2.72 bits per heavy atom. The van der Waals surface area contributed by atoms with Crippen molar-refractivity contribution >= 4 is 6.03 Å². The molecule has 1 saturated carbocycles. The molecule has 2 N–H and O–H groups in total. The number of urea groups is 1. The van der Waals surface area contributed by atoms with Crippen molar-refractivity contribution < 1.29 is 14.6 Å². The van der Waals surface area contributed by atoms with Crippen LogP contribution in [0.5, 0.6) is 0 Å². The Bertz CT molecular complexity index is 599. The van der Waals surface area contributed by atoms with E-state index < -0.39 is 0 Å². The third-order valence-electron chi connectivity index (χ3n) is 5.89. The zero-order chi connectivity index (χ0) is 17.2. The highest BCUT2D eigenvalue weighted by molar-refractivity contribution is 5.75. The van der Waals surface area contributed by atoms with Gasteiger partial charge in [0, 0.05) is 31.7 Å². The molecule has 2 saturated heterocycles. The van der Waals surface area contributed by atoms with Crippen molar-refractivity contribution in [2.24, 2.45) is 5.92 Å². The molecule has 2 aliphatic heterocycles. The molecule has 5 nitrogen and oxygen atoms in total.